The van der Waals surface area contributed by atoms with E-state index in [4.69, 9.17) is 0 Å². The van der Waals surface area contributed by atoms with Crippen molar-refractivity contribution in [2.75, 3.05) is 13.7 Å². The van der Waals surface area contributed by atoms with Crippen molar-refractivity contribution in [1.82, 2.24) is 10.6 Å². The molecule has 0 bridgehead atoms. The number of carbonyl (C=O) groups is 2. The Labute approximate surface area is 111 Å². The Morgan fingerprint density at radius 2 is 2.22 bits per heavy atom. The number of carbonyl (C=O) groups excluding carboxylic acids is 2. The molecule has 100 valence electrons. The van der Waals surface area contributed by atoms with Gasteiger partial charge in [0, 0.05) is 19.5 Å². The SMILES string of the molecule is COC(=O)C(CNC(C)c1ccsc1)NC(C)=O. The third-order valence-electron chi connectivity index (χ3n) is 2.53. The predicted octanol–water partition coefficient (Wildman–Crippen LogP) is 1.08. The number of thiophene rings is 1. The van der Waals surface area contributed by atoms with E-state index in [0.29, 0.717) is 6.54 Å². The van der Waals surface area contributed by atoms with E-state index in [9.17, 15) is 9.59 Å². The molecule has 2 N–H and O–H groups in total. The van der Waals surface area contributed by atoms with Crippen LogP contribution in [0.4, 0.5) is 0 Å². The van der Waals surface area contributed by atoms with E-state index in [-0.39, 0.29) is 11.9 Å². The monoisotopic (exact) mass is 270 g/mol. The summed E-state index contributed by atoms with van der Waals surface area (Å²) in [5, 5.41) is 9.80. The highest BCUT2D eigenvalue weighted by Gasteiger charge is 2.20. The summed E-state index contributed by atoms with van der Waals surface area (Å²) in [4.78, 5) is 22.5. The van der Waals surface area contributed by atoms with Crippen LogP contribution in [0.5, 0.6) is 0 Å². The summed E-state index contributed by atoms with van der Waals surface area (Å²) < 4.78 is 4.64. The van der Waals surface area contributed by atoms with Gasteiger partial charge in [-0.05, 0) is 29.3 Å². The summed E-state index contributed by atoms with van der Waals surface area (Å²) >= 11 is 1.62. The van der Waals surface area contributed by atoms with Gasteiger partial charge >= 0.3 is 5.97 Å². The molecule has 0 radical (unpaired) electrons. The highest BCUT2D eigenvalue weighted by Crippen LogP contribution is 2.15. The Morgan fingerprint density at radius 3 is 2.72 bits per heavy atom. The highest BCUT2D eigenvalue weighted by atomic mass is 32.1. The van der Waals surface area contributed by atoms with Gasteiger partial charge < -0.3 is 15.4 Å². The van der Waals surface area contributed by atoms with Crippen LogP contribution >= 0.6 is 11.3 Å². The third-order valence-corrected chi connectivity index (χ3v) is 3.24. The largest absolute Gasteiger partial charge is 0.467 e. The Hall–Kier alpha value is -1.40. The maximum absolute atomic E-state index is 11.5. The van der Waals surface area contributed by atoms with E-state index in [1.807, 2.05) is 23.8 Å². The van der Waals surface area contributed by atoms with Crippen molar-refractivity contribution in [2.24, 2.45) is 0 Å². The standard InChI is InChI=1S/C12H18N2O3S/c1-8(10-4-5-18-7-10)13-6-11(12(16)17-3)14-9(2)15/h4-5,7-8,11,13H,6H2,1-3H3,(H,14,15). The Balaban J connectivity index is 2.51. The number of amides is 1. The molecule has 0 saturated carbocycles. The second-order valence-electron chi connectivity index (χ2n) is 3.96. The fourth-order valence-corrected chi connectivity index (χ4v) is 2.27. The van der Waals surface area contributed by atoms with Crippen LogP contribution in [0, 0.1) is 0 Å². The van der Waals surface area contributed by atoms with Crippen molar-refractivity contribution < 1.29 is 14.3 Å². The molecule has 1 heterocycles. The highest BCUT2D eigenvalue weighted by molar-refractivity contribution is 7.07. The summed E-state index contributed by atoms with van der Waals surface area (Å²) in [5.41, 5.74) is 1.16. The lowest BCUT2D eigenvalue weighted by Crippen LogP contribution is -2.47. The Bertz CT molecular complexity index is 392. The van der Waals surface area contributed by atoms with Gasteiger partial charge in [0.05, 0.1) is 7.11 Å². The fraction of sp³-hybridized carbons (Fsp3) is 0.500. The van der Waals surface area contributed by atoms with Gasteiger partial charge in [0.25, 0.3) is 0 Å². The van der Waals surface area contributed by atoms with Gasteiger partial charge in [0.15, 0.2) is 0 Å². The maximum atomic E-state index is 11.5. The molecule has 0 spiro atoms. The first-order chi connectivity index (χ1) is 8.54. The lowest BCUT2D eigenvalue weighted by atomic mass is 10.1. The van der Waals surface area contributed by atoms with Gasteiger partial charge in [-0.25, -0.2) is 4.79 Å². The molecule has 0 saturated heterocycles. The number of rotatable bonds is 6. The zero-order valence-electron chi connectivity index (χ0n) is 10.7. The summed E-state index contributed by atoms with van der Waals surface area (Å²) in [6.45, 7) is 3.71. The van der Waals surface area contributed by atoms with E-state index in [0.717, 1.165) is 5.56 Å². The summed E-state index contributed by atoms with van der Waals surface area (Å²) in [6.07, 6.45) is 0. The minimum Gasteiger partial charge on any atom is -0.467 e. The zero-order chi connectivity index (χ0) is 13.5. The normalized spacial score (nSPS) is 13.7. The van der Waals surface area contributed by atoms with Crippen LogP contribution in [0.15, 0.2) is 16.8 Å². The summed E-state index contributed by atoms with van der Waals surface area (Å²) in [6, 6.07) is 1.49. The first kappa shape index (κ1) is 14.7. The van der Waals surface area contributed by atoms with Gasteiger partial charge in [-0.15, -0.1) is 0 Å². The number of ether oxygens (including phenoxy) is 1. The van der Waals surface area contributed by atoms with E-state index in [2.05, 4.69) is 15.4 Å². The first-order valence-corrected chi connectivity index (χ1v) is 6.59. The molecule has 6 heteroatoms. The van der Waals surface area contributed by atoms with Crippen molar-refractivity contribution in [2.45, 2.75) is 25.9 Å². The number of esters is 1. The van der Waals surface area contributed by atoms with E-state index < -0.39 is 12.0 Å². The van der Waals surface area contributed by atoms with Crippen LogP contribution in [0.3, 0.4) is 0 Å². The van der Waals surface area contributed by atoms with Crippen molar-refractivity contribution in [3.63, 3.8) is 0 Å². The number of nitrogens with one attached hydrogen (secondary N) is 2. The van der Waals surface area contributed by atoms with Crippen LogP contribution in [-0.4, -0.2) is 31.6 Å². The van der Waals surface area contributed by atoms with Crippen LogP contribution in [0.2, 0.25) is 0 Å². The lowest BCUT2D eigenvalue weighted by Gasteiger charge is -2.19. The number of hydrogen-bond acceptors (Lipinski definition) is 5. The maximum Gasteiger partial charge on any atom is 0.329 e. The molecule has 18 heavy (non-hydrogen) atoms. The van der Waals surface area contributed by atoms with E-state index in [1.165, 1.54) is 14.0 Å². The second kappa shape index (κ2) is 7.13. The van der Waals surface area contributed by atoms with Gasteiger partial charge in [-0.2, -0.15) is 11.3 Å². The topological polar surface area (TPSA) is 67.4 Å². The minimum atomic E-state index is -0.659. The number of hydrogen-bond donors (Lipinski definition) is 2. The molecule has 0 aliphatic carbocycles. The van der Waals surface area contributed by atoms with Crippen molar-refractivity contribution in [3.8, 4) is 0 Å². The smallest absolute Gasteiger partial charge is 0.329 e. The van der Waals surface area contributed by atoms with Crippen molar-refractivity contribution >= 4 is 23.2 Å². The van der Waals surface area contributed by atoms with Gasteiger partial charge in [-0.1, -0.05) is 0 Å². The van der Waals surface area contributed by atoms with Crippen molar-refractivity contribution in [3.05, 3.63) is 22.4 Å². The summed E-state index contributed by atoms with van der Waals surface area (Å²) in [7, 11) is 1.31. The van der Waals surface area contributed by atoms with Gasteiger partial charge in [-0.3, -0.25) is 4.79 Å². The lowest BCUT2D eigenvalue weighted by molar-refractivity contribution is -0.144. The molecule has 5 nitrogen and oxygen atoms in total. The molecule has 0 fully saturated rings. The summed E-state index contributed by atoms with van der Waals surface area (Å²) in [5.74, 6) is -0.703. The molecule has 0 aliphatic rings. The van der Waals surface area contributed by atoms with Gasteiger partial charge in [0.1, 0.15) is 6.04 Å². The average Bonchev–Trinajstić information content (AvgIpc) is 2.86. The predicted molar refractivity (Wildman–Crippen MR) is 70.4 cm³/mol. The molecule has 2 atom stereocenters. The fourth-order valence-electron chi connectivity index (χ4n) is 1.51. The van der Waals surface area contributed by atoms with Crippen LogP contribution in [-0.2, 0) is 14.3 Å². The van der Waals surface area contributed by atoms with Crippen LogP contribution < -0.4 is 10.6 Å². The van der Waals surface area contributed by atoms with Crippen LogP contribution in [0.25, 0.3) is 0 Å². The molecule has 0 aliphatic heterocycles. The zero-order valence-corrected chi connectivity index (χ0v) is 11.5. The Morgan fingerprint density at radius 1 is 1.50 bits per heavy atom. The first-order valence-electron chi connectivity index (χ1n) is 5.65. The van der Waals surface area contributed by atoms with Gasteiger partial charge in [0.2, 0.25) is 5.91 Å². The molecule has 2 unspecified atom stereocenters. The van der Waals surface area contributed by atoms with E-state index >= 15 is 0 Å². The molecule has 1 aromatic heterocycles. The quantitative estimate of drug-likeness (QED) is 0.759. The molecule has 1 aromatic rings. The molecular formula is C12H18N2O3S. The minimum absolute atomic E-state index is 0.122. The molecule has 1 amide bonds. The molecular weight excluding hydrogens is 252 g/mol. The Kier molecular flexibility index (Phi) is 5.80. The molecule has 1 rings (SSSR count). The second-order valence-corrected chi connectivity index (χ2v) is 4.74. The average molecular weight is 270 g/mol. The molecule has 0 aromatic carbocycles. The number of methoxy groups -OCH3 is 1. The van der Waals surface area contributed by atoms with Crippen molar-refractivity contribution in [1.29, 1.82) is 0 Å². The van der Waals surface area contributed by atoms with Crippen LogP contribution in [0.1, 0.15) is 25.5 Å². The third kappa shape index (κ3) is 4.46. The van der Waals surface area contributed by atoms with E-state index in [1.54, 1.807) is 11.3 Å².